The fourth-order valence-electron chi connectivity index (χ4n) is 2.92. The summed E-state index contributed by atoms with van der Waals surface area (Å²) in [7, 11) is 0. The molecule has 0 aromatic rings. The first-order valence-electron chi connectivity index (χ1n) is 5.94. The van der Waals surface area contributed by atoms with Gasteiger partial charge in [0.1, 0.15) is 5.41 Å². The molecule has 2 rings (SSSR count). The maximum absolute atomic E-state index is 10.7. The van der Waals surface area contributed by atoms with Gasteiger partial charge >= 0.3 is 0 Å². The summed E-state index contributed by atoms with van der Waals surface area (Å²) in [5.41, 5.74) is -1.42. The first-order valence-corrected chi connectivity index (χ1v) is 5.94. The summed E-state index contributed by atoms with van der Waals surface area (Å²) in [6.07, 6.45) is 6.68. The van der Waals surface area contributed by atoms with E-state index in [0.29, 0.717) is 19.6 Å². The van der Waals surface area contributed by atoms with Crippen molar-refractivity contribution < 1.29 is 9.84 Å². The van der Waals surface area contributed by atoms with E-state index >= 15 is 0 Å². The minimum absolute atomic E-state index is 0.417. The van der Waals surface area contributed by atoms with Gasteiger partial charge in [-0.2, -0.15) is 5.26 Å². The molecule has 0 amide bonds. The monoisotopic (exact) mass is 209 g/mol. The number of nitrogens with zero attached hydrogens (tertiary/aromatic N) is 1. The molecular formula is C12H19NO2. The summed E-state index contributed by atoms with van der Waals surface area (Å²) in [4.78, 5) is 0. The Hall–Kier alpha value is -0.590. The molecule has 1 atom stereocenters. The third kappa shape index (κ3) is 1.77. The predicted molar refractivity (Wildman–Crippen MR) is 56.1 cm³/mol. The molecule has 2 aliphatic rings. The van der Waals surface area contributed by atoms with Crippen LogP contribution in [0.3, 0.4) is 0 Å². The van der Waals surface area contributed by atoms with Crippen molar-refractivity contribution in [2.45, 2.75) is 50.5 Å². The van der Waals surface area contributed by atoms with Crippen LogP contribution < -0.4 is 0 Å². The lowest BCUT2D eigenvalue weighted by molar-refractivity contribution is -0.0693. The fourth-order valence-corrected chi connectivity index (χ4v) is 2.92. The molecule has 84 valence electrons. The molecule has 1 saturated carbocycles. The van der Waals surface area contributed by atoms with E-state index in [4.69, 9.17) is 4.74 Å². The molecule has 3 heteroatoms. The number of rotatable bonds is 1. The van der Waals surface area contributed by atoms with Crippen molar-refractivity contribution in [3.63, 3.8) is 0 Å². The first-order chi connectivity index (χ1) is 7.22. The highest BCUT2D eigenvalue weighted by molar-refractivity contribution is 5.13. The molecule has 1 unspecified atom stereocenters. The molecule has 1 saturated heterocycles. The average molecular weight is 209 g/mol. The molecule has 1 aliphatic carbocycles. The molecule has 15 heavy (non-hydrogen) atoms. The summed E-state index contributed by atoms with van der Waals surface area (Å²) in [5.74, 6) is 0. The van der Waals surface area contributed by atoms with Gasteiger partial charge in [-0.15, -0.1) is 0 Å². The van der Waals surface area contributed by atoms with Gasteiger partial charge in [-0.1, -0.05) is 25.7 Å². The van der Waals surface area contributed by atoms with Crippen LogP contribution in [0.4, 0.5) is 0 Å². The fraction of sp³-hybridized carbons (Fsp3) is 0.917. The standard InChI is InChI=1S/C12H19NO2/c13-9-11(7-8-15-10-11)12(14)5-3-1-2-4-6-12/h14H,1-8,10H2. The Morgan fingerprint density at radius 2 is 1.73 bits per heavy atom. The normalized spacial score (nSPS) is 35.7. The molecule has 0 radical (unpaired) electrons. The molecule has 0 aromatic carbocycles. The van der Waals surface area contributed by atoms with E-state index in [0.717, 1.165) is 25.7 Å². The zero-order valence-corrected chi connectivity index (χ0v) is 9.17. The summed E-state index contributed by atoms with van der Waals surface area (Å²) in [5, 5.41) is 20.0. The van der Waals surface area contributed by atoms with Gasteiger partial charge in [0.05, 0.1) is 18.3 Å². The highest BCUT2D eigenvalue weighted by Crippen LogP contribution is 2.46. The van der Waals surface area contributed by atoms with Gasteiger partial charge in [-0.05, 0) is 19.3 Å². The summed E-state index contributed by atoms with van der Waals surface area (Å²) in [6, 6.07) is 2.34. The number of hydrogen-bond donors (Lipinski definition) is 1. The maximum Gasteiger partial charge on any atom is 0.111 e. The van der Waals surface area contributed by atoms with E-state index < -0.39 is 11.0 Å². The Labute approximate surface area is 91.0 Å². The van der Waals surface area contributed by atoms with Crippen LogP contribution in [0.15, 0.2) is 0 Å². The SMILES string of the molecule is N#CC1(C2(O)CCCCCC2)CCOC1. The van der Waals surface area contributed by atoms with Gasteiger partial charge in [0, 0.05) is 6.61 Å². The number of aliphatic hydroxyl groups is 1. The topological polar surface area (TPSA) is 53.2 Å². The van der Waals surface area contributed by atoms with Crippen LogP contribution in [0.2, 0.25) is 0 Å². The highest BCUT2D eigenvalue weighted by Gasteiger charge is 2.52. The first kappa shape index (κ1) is 10.9. The Kier molecular flexibility index (Phi) is 2.99. The summed E-state index contributed by atoms with van der Waals surface area (Å²) < 4.78 is 5.33. The molecule has 1 N–H and O–H groups in total. The Balaban J connectivity index is 2.21. The van der Waals surface area contributed by atoms with Crippen molar-refractivity contribution >= 4 is 0 Å². The van der Waals surface area contributed by atoms with Gasteiger partial charge in [0.2, 0.25) is 0 Å². The summed E-state index contributed by atoms with van der Waals surface area (Å²) in [6.45, 7) is 1.04. The number of ether oxygens (including phenoxy) is 1. The lowest BCUT2D eigenvalue weighted by atomic mass is 9.68. The van der Waals surface area contributed by atoms with Gasteiger partial charge in [-0.25, -0.2) is 0 Å². The zero-order chi connectivity index (χ0) is 10.8. The summed E-state index contributed by atoms with van der Waals surface area (Å²) >= 11 is 0. The van der Waals surface area contributed by atoms with Crippen LogP contribution in [0.1, 0.15) is 44.9 Å². The molecule has 3 nitrogen and oxygen atoms in total. The highest BCUT2D eigenvalue weighted by atomic mass is 16.5. The quantitative estimate of drug-likeness (QED) is 0.672. The van der Waals surface area contributed by atoms with Crippen LogP contribution in [-0.2, 0) is 4.74 Å². The molecule has 0 aromatic heterocycles. The molecule has 1 aliphatic heterocycles. The van der Waals surface area contributed by atoms with Crippen LogP contribution in [-0.4, -0.2) is 23.9 Å². The van der Waals surface area contributed by atoms with Crippen molar-refractivity contribution in [3.8, 4) is 6.07 Å². The van der Waals surface area contributed by atoms with Crippen molar-refractivity contribution in [2.75, 3.05) is 13.2 Å². The maximum atomic E-state index is 10.7. The minimum atomic E-state index is -0.797. The van der Waals surface area contributed by atoms with Gasteiger partial charge < -0.3 is 9.84 Å². The van der Waals surface area contributed by atoms with E-state index in [1.165, 1.54) is 12.8 Å². The Morgan fingerprint density at radius 3 is 2.20 bits per heavy atom. The minimum Gasteiger partial charge on any atom is -0.388 e. The molecule has 0 bridgehead atoms. The second kappa shape index (κ2) is 4.11. The molecule has 2 fully saturated rings. The van der Waals surface area contributed by atoms with Crippen LogP contribution >= 0.6 is 0 Å². The lowest BCUT2D eigenvalue weighted by Crippen LogP contribution is -2.47. The van der Waals surface area contributed by atoms with E-state index in [-0.39, 0.29) is 0 Å². The van der Waals surface area contributed by atoms with E-state index in [2.05, 4.69) is 6.07 Å². The molecule has 1 heterocycles. The Bertz CT molecular complexity index is 255. The van der Waals surface area contributed by atoms with E-state index in [1.807, 2.05) is 0 Å². The zero-order valence-electron chi connectivity index (χ0n) is 9.17. The van der Waals surface area contributed by atoms with E-state index in [1.54, 1.807) is 0 Å². The largest absolute Gasteiger partial charge is 0.388 e. The van der Waals surface area contributed by atoms with Crippen molar-refractivity contribution in [1.29, 1.82) is 5.26 Å². The van der Waals surface area contributed by atoms with Crippen molar-refractivity contribution in [3.05, 3.63) is 0 Å². The van der Waals surface area contributed by atoms with Crippen LogP contribution in [0, 0.1) is 16.7 Å². The lowest BCUT2D eigenvalue weighted by Gasteiger charge is -2.38. The Morgan fingerprint density at radius 1 is 1.07 bits per heavy atom. The van der Waals surface area contributed by atoms with Crippen LogP contribution in [0.25, 0.3) is 0 Å². The molecule has 0 spiro atoms. The third-order valence-corrected chi connectivity index (χ3v) is 4.06. The van der Waals surface area contributed by atoms with Crippen molar-refractivity contribution in [2.24, 2.45) is 5.41 Å². The third-order valence-electron chi connectivity index (χ3n) is 4.06. The second-order valence-corrected chi connectivity index (χ2v) is 4.94. The predicted octanol–water partition coefficient (Wildman–Crippen LogP) is 2.00. The van der Waals surface area contributed by atoms with Crippen molar-refractivity contribution in [1.82, 2.24) is 0 Å². The van der Waals surface area contributed by atoms with Gasteiger partial charge in [-0.3, -0.25) is 0 Å². The average Bonchev–Trinajstić information content (AvgIpc) is 2.64. The van der Waals surface area contributed by atoms with Gasteiger partial charge in [0.25, 0.3) is 0 Å². The molecular weight excluding hydrogens is 190 g/mol. The van der Waals surface area contributed by atoms with Gasteiger partial charge in [0.15, 0.2) is 0 Å². The smallest absolute Gasteiger partial charge is 0.111 e. The second-order valence-electron chi connectivity index (χ2n) is 4.94. The number of hydrogen-bond acceptors (Lipinski definition) is 3. The number of nitriles is 1. The van der Waals surface area contributed by atoms with Crippen LogP contribution in [0.5, 0.6) is 0 Å². The van der Waals surface area contributed by atoms with E-state index in [9.17, 15) is 10.4 Å².